The smallest absolute Gasteiger partial charge is 0.307 e. The van der Waals surface area contributed by atoms with Crippen LogP contribution in [0.1, 0.15) is 24.6 Å². The van der Waals surface area contributed by atoms with Crippen LogP contribution in [0, 0.1) is 11.8 Å². The molecule has 6 nitrogen and oxygen atoms in total. The first-order valence-corrected chi connectivity index (χ1v) is 9.20. The van der Waals surface area contributed by atoms with Gasteiger partial charge in [-0.15, -0.1) is 0 Å². The van der Waals surface area contributed by atoms with E-state index in [1.807, 2.05) is 18.2 Å². The van der Waals surface area contributed by atoms with Gasteiger partial charge in [-0.25, -0.2) is 4.98 Å². The lowest BCUT2D eigenvalue weighted by molar-refractivity contribution is -0.141. The molecule has 0 aliphatic heterocycles. The van der Waals surface area contributed by atoms with Crippen LogP contribution >= 0.6 is 0 Å². The molecule has 0 aliphatic rings. The Balaban J connectivity index is 1.78. The molecule has 1 aromatic carbocycles. The van der Waals surface area contributed by atoms with Crippen LogP contribution in [0.4, 0.5) is 5.69 Å². The number of ether oxygens (including phenoxy) is 3. The minimum Gasteiger partial charge on any atom is -0.469 e. The van der Waals surface area contributed by atoms with Crippen molar-refractivity contribution in [2.45, 2.75) is 19.8 Å². The number of pyridine rings is 1. The normalized spacial score (nSPS) is 10.2. The van der Waals surface area contributed by atoms with Crippen molar-refractivity contribution in [1.82, 2.24) is 4.98 Å². The highest BCUT2D eigenvalue weighted by atomic mass is 16.5. The molecular formula is C22H26N2O4. The third kappa shape index (κ3) is 7.03. The molecule has 0 atom stereocenters. The van der Waals surface area contributed by atoms with Crippen molar-refractivity contribution >= 4 is 11.7 Å². The van der Waals surface area contributed by atoms with Gasteiger partial charge in [-0.05, 0) is 29.5 Å². The largest absolute Gasteiger partial charge is 0.469 e. The van der Waals surface area contributed by atoms with E-state index in [0.29, 0.717) is 31.2 Å². The maximum absolute atomic E-state index is 10.9. The molecule has 1 heterocycles. The number of nitrogen functional groups attached to an aromatic ring is 1. The molecule has 0 radical (unpaired) electrons. The van der Waals surface area contributed by atoms with E-state index in [0.717, 1.165) is 17.5 Å². The molecular weight excluding hydrogens is 356 g/mol. The number of rotatable bonds is 9. The third-order valence-corrected chi connectivity index (χ3v) is 4.02. The molecule has 28 heavy (non-hydrogen) atoms. The molecule has 1 aromatic heterocycles. The summed E-state index contributed by atoms with van der Waals surface area (Å²) < 4.78 is 15.1. The van der Waals surface area contributed by atoms with Gasteiger partial charge in [-0.2, -0.15) is 0 Å². The third-order valence-electron chi connectivity index (χ3n) is 4.02. The summed E-state index contributed by atoms with van der Waals surface area (Å²) in [6, 6.07) is 10.2. The second-order valence-electron chi connectivity index (χ2n) is 6.01. The van der Waals surface area contributed by atoms with Gasteiger partial charge >= 0.3 is 5.97 Å². The Morgan fingerprint density at radius 2 is 1.96 bits per heavy atom. The van der Waals surface area contributed by atoms with Crippen molar-refractivity contribution in [2.75, 3.05) is 39.3 Å². The molecule has 0 bridgehead atoms. The summed E-state index contributed by atoms with van der Waals surface area (Å²) in [6.45, 7) is 3.48. The monoisotopic (exact) mass is 382 g/mol. The van der Waals surface area contributed by atoms with Gasteiger partial charge in [0.05, 0.1) is 39.0 Å². The van der Waals surface area contributed by atoms with E-state index < -0.39 is 0 Å². The van der Waals surface area contributed by atoms with Crippen LogP contribution in [0.5, 0.6) is 0 Å². The summed E-state index contributed by atoms with van der Waals surface area (Å²) >= 11 is 0. The zero-order chi connectivity index (χ0) is 20.2. The Bertz CT molecular complexity index is 840. The Morgan fingerprint density at radius 3 is 2.71 bits per heavy atom. The maximum Gasteiger partial charge on any atom is 0.307 e. The number of anilines is 1. The van der Waals surface area contributed by atoms with E-state index in [9.17, 15) is 4.79 Å². The number of hydrogen-bond acceptors (Lipinski definition) is 6. The lowest BCUT2D eigenvalue weighted by Crippen LogP contribution is -2.09. The van der Waals surface area contributed by atoms with Crippen LogP contribution in [0.2, 0.25) is 0 Å². The number of benzene rings is 1. The Hall–Kier alpha value is -2.88. The van der Waals surface area contributed by atoms with Crippen LogP contribution in [0.3, 0.4) is 0 Å². The van der Waals surface area contributed by atoms with Crippen LogP contribution < -0.4 is 5.73 Å². The van der Waals surface area contributed by atoms with Crippen molar-refractivity contribution < 1.29 is 19.0 Å². The van der Waals surface area contributed by atoms with Gasteiger partial charge in [0, 0.05) is 11.8 Å². The van der Waals surface area contributed by atoms with E-state index in [1.54, 1.807) is 6.20 Å². The number of methoxy groups -OCH3 is 1. The number of carbonyl (C=O) groups is 1. The van der Waals surface area contributed by atoms with Crippen molar-refractivity contribution in [2.24, 2.45) is 0 Å². The minimum absolute atomic E-state index is 0.236. The van der Waals surface area contributed by atoms with Crippen LogP contribution in [-0.4, -0.2) is 44.5 Å². The number of aromatic nitrogens is 1. The molecule has 0 unspecified atom stereocenters. The predicted octanol–water partition coefficient (Wildman–Crippen LogP) is 2.84. The fraction of sp³-hybridized carbons (Fsp3) is 0.364. The van der Waals surface area contributed by atoms with Gasteiger partial charge in [-0.1, -0.05) is 37.1 Å². The molecule has 0 saturated carbocycles. The van der Waals surface area contributed by atoms with Crippen molar-refractivity contribution in [3.63, 3.8) is 0 Å². The number of esters is 1. The van der Waals surface area contributed by atoms with Gasteiger partial charge in [0.15, 0.2) is 0 Å². The van der Waals surface area contributed by atoms with E-state index in [1.165, 1.54) is 12.7 Å². The van der Waals surface area contributed by atoms with Crippen molar-refractivity contribution in [3.8, 4) is 23.0 Å². The molecule has 2 N–H and O–H groups in total. The van der Waals surface area contributed by atoms with E-state index in [2.05, 4.69) is 40.6 Å². The lowest BCUT2D eigenvalue weighted by Gasteiger charge is -2.06. The SMILES string of the molecule is CCc1cccc(-c2cnc(C#CCOCCOCCC(=O)OC)c(N)c2)c1. The van der Waals surface area contributed by atoms with E-state index >= 15 is 0 Å². The maximum atomic E-state index is 10.9. The van der Waals surface area contributed by atoms with Gasteiger partial charge in [0.25, 0.3) is 0 Å². The van der Waals surface area contributed by atoms with Crippen LogP contribution in [-0.2, 0) is 25.4 Å². The summed E-state index contributed by atoms with van der Waals surface area (Å²) in [4.78, 5) is 15.3. The standard InChI is InChI=1S/C22H26N2O4/c1-3-17-6-4-7-18(14-17)19-15-20(23)21(24-16-19)8-5-10-27-12-13-28-11-9-22(25)26-2/h4,6-7,14-16H,3,9-13,23H2,1-2H3. The highest BCUT2D eigenvalue weighted by Gasteiger charge is 2.03. The van der Waals surface area contributed by atoms with E-state index in [-0.39, 0.29) is 19.0 Å². The molecule has 2 rings (SSSR count). The fourth-order valence-electron chi connectivity index (χ4n) is 2.44. The Morgan fingerprint density at radius 1 is 1.14 bits per heavy atom. The average molecular weight is 382 g/mol. The molecule has 2 aromatic rings. The zero-order valence-corrected chi connectivity index (χ0v) is 16.4. The first-order chi connectivity index (χ1) is 13.6. The van der Waals surface area contributed by atoms with Crippen molar-refractivity contribution in [1.29, 1.82) is 0 Å². The van der Waals surface area contributed by atoms with Gasteiger partial charge in [0.2, 0.25) is 0 Å². The first-order valence-electron chi connectivity index (χ1n) is 9.20. The summed E-state index contributed by atoms with van der Waals surface area (Å²) in [5, 5.41) is 0. The highest BCUT2D eigenvalue weighted by Crippen LogP contribution is 2.23. The average Bonchev–Trinajstić information content (AvgIpc) is 2.73. The fourth-order valence-corrected chi connectivity index (χ4v) is 2.44. The van der Waals surface area contributed by atoms with Crippen LogP contribution in [0.15, 0.2) is 36.5 Å². The summed E-state index contributed by atoms with van der Waals surface area (Å²) in [5.41, 5.74) is 10.5. The summed E-state index contributed by atoms with van der Waals surface area (Å²) in [7, 11) is 1.35. The number of carbonyl (C=O) groups excluding carboxylic acids is 1. The van der Waals surface area contributed by atoms with Gasteiger partial charge < -0.3 is 19.9 Å². The Kier molecular flexibility index (Phi) is 8.99. The molecule has 0 fully saturated rings. The topological polar surface area (TPSA) is 83.7 Å². The molecule has 0 aliphatic carbocycles. The molecule has 0 saturated heterocycles. The summed E-state index contributed by atoms with van der Waals surface area (Å²) in [6.07, 6.45) is 3.00. The number of hydrogen-bond donors (Lipinski definition) is 1. The van der Waals surface area contributed by atoms with Crippen molar-refractivity contribution in [3.05, 3.63) is 47.8 Å². The summed E-state index contributed by atoms with van der Waals surface area (Å²) in [5.74, 6) is 5.53. The molecule has 148 valence electrons. The molecule has 6 heteroatoms. The number of nitrogens with zero attached hydrogens (tertiary/aromatic N) is 1. The second-order valence-corrected chi connectivity index (χ2v) is 6.01. The quantitative estimate of drug-likeness (QED) is 0.408. The van der Waals surface area contributed by atoms with Gasteiger partial charge in [-0.3, -0.25) is 4.79 Å². The van der Waals surface area contributed by atoms with E-state index in [4.69, 9.17) is 15.2 Å². The number of aryl methyl sites for hydroxylation is 1. The highest BCUT2D eigenvalue weighted by molar-refractivity contribution is 5.69. The van der Waals surface area contributed by atoms with Crippen LogP contribution in [0.25, 0.3) is 11.1 Å². The zero-order valence-electron chi connectivity index (χ0n) is 16.4. The lowest BCUT2D eigenvalue weighted by atomic mass is 10.0. The second kappa shape index (κ2) is 11.8. The molecule has 0 amide bonds. The number of nitrogens with two attached hydrogens (primary N) is 1. The van der Waals surface area contributed by atoms with Gasteiger partial charge in [0.1, 0.15) is 12.3 Å². The minimum atomic E-state index is -0.291. The Labute approximate surface area is 166 Å². The molecule has 0 spiro atoms. The first kappa shape index (κ1) is 21.4. The predicted molar refractivity (Wildman–Crippen MR) is 109 cm³/mol.